The van der Waals surface area contributed by atoms with Crippen LogP contribution in [-0.4, -0.2) is 80.4 Å². The lowest BCUT2D eigenvalue weighted by molar-refractivity contribution is -0.193. The van der Waals surface area contributed by atoms with E-state index in [1.54, 1.807) is 12.4 Å². The van der Waals surface area contributed by atoms with E-state index < -0.39 is 24.3 Å². The van der Waals surface area contributed by atoms with Gasteiger partial charge in [0, 0.05) is 30.7 Å². The van der Waals surface area contributed by atoms with E-state index in [-0.39, 0.29) is 0 Å². The maximum absolute atomic E-state index is 10.6. The number of rotatable bonds is 6. The van der Waals surface area contributed by atoms with Crippen molar-refractivity contribution in [3.8, 4) is 22.6 Å². The number of alkyl halides is 6. The number of fused-ring (bicyclic) bond motifs is 1. The molecule has 1 saturated heterocycles. The van der Waals surface area contributed by atoms with Gasteiger partial charge in [-0.05, 0) is 78.7 Å². The molecule has 0 atom stereocenters. The van der Waals surface area contributed by atoms with Crippen molar-refractivity contribution in [3.05, 3.63) is 73.3 Å². The van der Waals surface area contributed by atoms with E-state index in [0.717, 1.165) is 35.7 Å². The van der Waals surface area contributed by atoms with Crippen LogP contribution in [0.3, 0.4) is 0 Å². The average molecular weight is 627 g/mol. The van der Waals surface area contributed by atoms with Crippen molar-refractivity contribution < 1.29 is 50.9 Å². The normalized spacial score (nSPS) is 13.7. The Morgan fingerprint density at radius 2 is 1.36 bits per heavy atom. The number of carboxylic acids is 2. The summed E-state index contributed by atoms with van der Waals surface area (Å²) in [5.74, 6) is -4.58. The Bertz CT molecular complexity index is 1500. The second-order valence-electron chi connectivity index (χ2n) is 9.46. The van der Waals surface area contributed by atoms with Gasteiger partial charge >= 0.3 is 24.3 Å². The third-order valence-electron chi connectivity index (χ3n) is 6.27. The number of piperidine rings is 1. The lowest BCUT2D eigenvalue weighted by atomic mass is 10.1. The Hall–Kier alpha value is -4.66. The molecule has 44 heavy (non-hydrogen) atoms. The van der Waals surface area contributed by atoms with Crippen molar-refractivity contribution in [2.75, 3.05) is 26.2 Å². The second kappa shape index (κ2) is 15.2. The van der Waals surface area contributed by atoms with Gasteiger partial charge in [-0.2, -0.15) is 31.4 Å². The maximum Gasteiger partial charge on any atom is 0.490 e. The largest absolute Gasteiger partial charge is 0.492 e. The number of carbonyl (C=O) groups is 2. The Morgan fingerprint density at radius 1 is 0.795 bits per heavy atom. The zero-order valence-corrected chi connectivity index (χ0v) is 23.1. The van der Waals surface area contributed by atoms with E-state index in [0.29, 0.717) is 0 Å². The fourth-order valence-corrected chi connectivity index (χ4v) is 4.08. The molecule has 1 aliphatic rings. The molecule has 0 aliphatic carbocycles. The number of hydrogen-bond donors (Lipinski definition) is 2. The fraction of sp³-hybridized carbons (Fsp3) is 0.310. The van der Waals surface area contributed by atoms with Gasteiger partial charge in [-0.15, -0.1) is 0 Å². The zero-order chi connectivity index (χ0) is 32.3. The van der Waals surface area contributed by atoms with Crippen LogP contribution < -0.4 is 4.74 Å². The van der Waals surface area contributed by atoms with Crippen LogP contribution in [0.4, 0.5) is 26.3 Å². The van der Waals surface area contributed by atoms with Crippen molar-refractivity contribution in [2.24, 2.45) is 0 Å². The van der Waals surface area contributed by atoms with Gasteiger partial charge in [-0.3, -0.25) is 9.88 Å². The number of pyridine rings is 1. The predicted molar refractivity (Wildman–Crippen MR) is 147 cm³/mol. The van der Waals surface area contributed by atoms with Crippen LogP contribution in [-0.2, 0) is 9.59 Å². The Labute approximate surface area is 247 Å². The standard InChI is InChI=1S/C25H26N4O.2C2HF3O2/c1-2-12-28(13-3-1)14-15-30-25-7-5-21-16-24(6-4-22(21)17-25)29-19-23(18-27-29)20-8-10-26-11-9-20;2*3-2(4,5)1(6)7/h4-11,16-19H,1-3,12-15H2;2*(H,6,7). The number of hydrogen-bond acceptors (Lipinski definition) is 6. The van der Waals surface area contributed by atoms with Gasteiger partial charge in [0.15, 0.2) is 0 Å². The van der Waals surface area contributed by atoms with Gasteiger partial charge in [0.05, 0.1) is 11.9 Å². The zero-order valence-electron chi connectivity index (χ0n) is 23.1. The molecular formula is C29H28F6N4O5. The van der Waals surface area contributed by atoms with Crippen LogP contribution in [0.5, 0.6) is 5.75 Å². The number of halogens is 6. The molecule has 0 bridgehead atoms. The molecule has 9 nitrogen and oxygen atoms in total. The monoisotopic (exact) mass is 626 g/mol. The van der Waals surface area contributed by atoms with Gasteiger partial charge in [0.1, 0.15) is 12.4 Å². The number of aliphatic carboxylic acids is 2. The molecule has 15 heteroatoms. The molecule has 0 unspecified atom stereocenters. The molecular weight excluding hydrogens is 598 g/mol. The number of ether oxygens (including phenoxy) is 1. The van der Waals surface area contributed by atoms with Gasteiger partial charge in [0.25, 0.3) is 0 Å². The van der Waals surface area contributed by atoms with E-state index in [4.69, 9.17) is 24.5 Å². The molecule has 2 aromatic heterocycles. The van der Waals surface area contributed by atoms with Crippen LogP contribution in [0, 0.1) is 0 Å². The van der Waals surface area contributed by atoms with Crippen LogP contribution in [0.25, 0.3) is 27.6 Å². The topological polar surface area (TPSA) is 118 Å². The first kappa shape index (κ1) is 33.8. The van der Waals surface area contributed by atoms with Crippen molar-refractivity contribution in [2.45, 2.75) is 31.6 Å². The van der Waals surface area contributed by atoms with E-state index in [1.165, 1.54) is 43.1 Å². The Morgan fingerprint density at radius 3 is 1.95 bits per heavy atom. The summed E-state index contributed by atoms with van der Waals surface area (Å²) < 4.78 is 71.4. The molecule has 0 saturated carbocycles. The summed E-state index contributed by atoms with van der Waals surface area (Å²) in [6.45, 7) is 4.17. The van der Waals surface area contributed by atoms with Gasteiger partial charge in [-0.25, -0.2) is 14.3 Å². The molecule has 0 amide bonds. The summed E-state index contributed by atoms with van der Waals surface area (Å²) in [5, 5.41) is 21.1. The third kappa shape index (κ3) is 10.6. The van der Waals surface area contributed by atoms with E-state index >= 15 is 0 Å². The fourth-order valence-electron chi connectivity index (χ4n) is 4.08. The maximum atomic E-state index is 10.6. The molecule has 3 heterocycles. The summed E-state index contributed by atoms with van der Waals surface area (Å²) in [5.41, 5.74) is 3.24. The van der Waals surface area contributed by atoms with Crippen molar-refractivity contribution in [1.29, 1.82) is 0 Å². The average Bonchev–Trinajstić information content (AvgIpc) is 3.48. The van der Waals surface area contributed by atoms with E-state index in [2.05, 4.69) is 57.6 Å². The number of benzene rings is 2. The number of nitrogens with zero attached hydrogens (tertiary/aromatic N) is 4. The van der Waals surface area contributed by atoms with Crippen LogP contribution in [0.2, 0.25) is 0 Å². The van der Waals surface area contributed by atoms with Crippen LogP contribution in [0.1, 0.15) is 19.3 Å². The molecule has 2 N–H and O–H groups in total. The molecule has 1 aliphatic heterocycles. The number of aromatic nitrogens is 3. The molecule has 1 fully saturated rings. The summed E-state index contributed by atoms with van der Waals surface area (Å²) in [4.78, 5) is 24.4. The first-order valence-corrected chi connectivity index (χ1v) is 13.2. The highest BCUT2D eigenvalue weighted by Crippen LogP contribution is 2.25. The van der Waals surface area contributed by atoms with Crippen LogP contribution >= 0.6 is 0 Å². The first-order chi connectivity index (χ1) is 20.7. The first-order valence-electron chi connectivity index (χ1n) is 13.2. The van der Waals surface area contributed by atoms with E-state index in [9.17, 15) is 26.3 Å². The molecule has 236 valence electrons. The highest BCUT2D eigenvalue weighted by atomic mass is 19.4. The highest BCUT2D eigenvalue weighted by molar-refractivity contribution is 5.85. The minimum atomic E-state index is -5.08. The Kier molecular flexibility index (Phi) is 11.7. The molecule has 4 aromatic rings. The highest BCUT2D eigenvalue weighted by Gasteiger charge is 2.38. The molecule has 5 rings (SSSR count). The summed E-state index contributed by atoms with van der Waals surface area (Å²) >= 11 is 0. The SMILES string of the molecule is O=C(O)C(F)(F)F.O=C(O)C(F)(F)F.c1cc(-c2cnn(-c3ccc4cc(OCCN5CCCCC5)ccc4c3)c2)ccn1. The summed E-state index contributed by atoms with van der Waals surface area (Å²) in [7, 11) is 0. The lowest BCUT2D eigenvalue weighted by Gasteiger charge is -2.26. The number of carboxylic acid groups (broad SMARTS) is 2. The van der Waals surface area contributed by atoms with Crippen LogP contribution in [0.15, 0.2) is 73.3 Å². The van der Waals surface area contributed by atoms with Crippen molar-refractivity contribution >= 4 is 22.7 Å². The summed E-state index contributed by atoms with van der Waals surface area (Å²) in [6.07, 6.45) is 1.38. The van der Waals surface area contributed by atoms with Crippen molar-refractivity contribution in [3.63, 3.8) is 0 Å². The molecule has 2 aromatic carbocycles. The second-order valence-corrected chi connectivity index (χ2v) is 9.46. The van der Waals surface area contributed by atoms with Gasteiger partial charge in [-0.1, -0.05) is 18.6 Å². The van der Waals surface area contributed by atoms with Crippen molar-refractivity contribution in [1.82, 2.24) is 19.7 Å². The predicted octanol–water partition coefficient (Wildman–Crippen LogP) is 6.22. The number of likely N-dealkylation sites (tertiary alicyclic amines) is 1. The quantitative estimate of drug-likeness (QED) is 0.243. The third-order valence-corrected chi connectivity index (χ3v) is 6.27. The summed E-state index contributed by atoms with van der Waals surface area (Å²) in [6, 6.07) is 16.7. The smallest absolute Gasteiger partial charge is 0.490 e. The van der Waals surface area contributed by atoms with Gasteiger partial charge in [0.2, 0.25) is 0 Å². The minimum Gasteiger partial charge on any atom is -0.492 e. The molecule has 0 spiro atoms. The Balaban J connectivity index is 0.000000317. The molecule has 0 radical (unpaired) electrons. The minimum absolute atomic E-state index is 0.745. The van der Waals surface area contributed by atoms with E-state index in [1.807, 2.05) is 23.0 Å². The van der Waals surface area contributed by atoms with Gasteiger partial charge < -0.3 is 14.9 Å². The lowest BCUT2D eigenvalue weighted by Crippen LogP contribution is -2.33.